The molecule has 1 aliphatic carbocycles. The predicted molar refractivity (Wildman–Crippen MR) is 132 cm³/mol. The number of ether oxygens (including phenoxy) is 1. The summed E-state index contributed by atoms with van der Waals surface area (Å²) in [5, 5.41) is 0.596. The Hall–Kier alpha value is -2.02. The fraction of sp³-hybridized carbons (Fsp3) is 0.500. The third kappa shape index (κ3) is 8.05. The number of benzene rings is 1. The Kier molecular flexibility index (Phi) is 13.2. The van der Waals surface area contributed by atoms with Gasteiger partial charge < -0.3 is 14.5 Å². The van der Waals surface area contributed by atoms with Crippen molar-refractivity contribution in [2.24, 2.45) is 5.92 Å². The average Bonchev–Trinajstić information content (AvgIpc) is 3.07. The molecule has 4 nitrogen and oxygen atoms in total. The Morgan fingerprint density at radius 3 is 2.39 bits per heavy atom. The molecule has 2 aliphatic rings. The number of hydrogen-bond acceptors (Lipinski definition) is 3. The van der Waals surface area contributed by atoms with Crippen LogP contribution in [-0.2, 0) is 4.74 Å². The molecular formula is C26H37ClF2N2O2. The van der Waals surface area contributed by atoms with Gasteiger partial charge in [0.2, 0.25) is 0 Å². The van der Waals surface area contributed by atoms with E-state index in [4.69, 9.17) is 16.3 Å². The highest BCUT2D eigenvalue weighted by molar-refractivity contribution is 6.31. The van der Waals surface area contributed by atoms with Crippen LogP contribution in [0.15, 0.2) is 52.7 Å². The van der Waals surface area contributed by atoms with Crippen molar-refractivity contribution in [3.8, 4) is 0 Å². The molecule has 1 aliphatic heterocycles. The third-order valence-electron chi connectivity index (χ3n) is 5.56. The number of halogens is 3. The number of hydrogen-bond donors (Lipinski definition) is 0. The molecule has 0 spiro atoms. The number of methoxy groups -OCH3 is 1. The minimum absolute atomic E-state index is 0.173. The summed E-state index contributed by atoms with van der Waals surface area (Å²) in [7, 11) is 3.81. The summed E-state index contributed by atoms with van der Waals surface area (Å²) in [6.45, 7) is 11.6. The maximum atomic E-state index is 13.9. The predicted octanol–water partition coefficient (Wildman–Crippen LogP) is 6.39. The van der Waals surface area contributed by atoms with Gasteiger partial charge >= 0.3 is 0 Å². The van der Waals surface area contributed by atoms with Crippen molar-refractivity contribution in [2.45, 2.75) is 40.5 Å². The molecule has 0 N–H and O–H groups in total. The number of carbonyl (C=O) groups is 1. The summed E-state index contributed by atoms with van der Waals surface area (Å²) in [5.41, 5.74) is 1.29. The molecule has 184 valence electrons. The van der Waals surface area contributed by atoms with Crippen LogP contribution in [0, 0.1) is 17.6 Å². The summed E-state index contributed by atoms with van der Waals surface area (Å²) in [6, 6.07) is 3.45. The molecule has 33 heavy (non-hydrogen) atoms. The van der Waals surface area contributed by atoms with Crippen LogP contribution < -0.4 is 0 Å². The Labute approximate surface area is 202 Å². The molecule has 1 heterocycles. The van der Waals surface area contributed by atoms with E-state index in [-0.39, 0.29) is 5.92 Å². The summed E-state index contributed by atoms with van der Waals surface area (Å²) >= 11 is 6.04. The molecule has 3 rings (SSSR count). The number of amides is 1. The van der Waals surface area contributed by atoms with Crippen LogP contribution in [0.1, 0.15) is 50.9 Å². The highest BCUT2D eigenvalue weighted by atomic mass is 35.5. The molecular weight excluding hydrogens is 446 g/mol. The Bertz CT molecular complexity index is 848. The minimum atomic E-state index is -0.842. The van der Waals surface area contributed by atoms with Gasteiger partial charge in [-0.05, 0) is 56.3 Å². The lowest BCUT2D eigenvalue weighted by molar-refractivity contribution is 0.0804. The zero-order valence-electron chi connectivity index (χ0n) is 20.6. The molecule has 1 unspecified atom stereocenters. The number of likely N-dealkylation sites (N-methyl/N-ethyl adjacent to an activating group) is 1. The van der Waals surface area contributed by atoms with Crippen LogP contribution in [0.3, 0.4) is 0 Å². The molecule has 1 atom stereocenters. The molecule has 0 bridgehead atoms. The second-order valence-electron chi connectivity index (χ2n) is 7.54. The summed E-state index contributed by atoms with van der Waals surface area (Å²) in [6.07, 6.45) is 6.85. The highest BCUT2D eigenvalue weighted by Crippen LogP contribution is 2.37. The lowest BCUT2D eigenvalue weighted by Crippen LogP contribution is -2.30. The van der Waals surface area contributed by atoms with Crippen molar-refractivity contribution in [2.75, 3.05) is 40.4 Å². The monoisotopic (exact) mass is 482 g/mol. The van der Waals surface area contributed by atoms with Gasteiger partial charge in [-0.2, -0.15) is 0 Å². The van der Waals surface area contributed by atoms with Gasteiger partial charge in [0, 0.05) is 36.8 Å². The molecule has 1 aromatic rings. The first-order chi connectivity index (χ1) is 15.8. The Morgan fingerprint density at radius 1 is 1.21 bits per heavy atom. The van der Waals surface area contributed by atoms with Gasteiger partial charge in [0.15, 0.2) is 0 Å². The second-order valence-corrected chi connectivity index (χ2v) is 7.98. The number of carbonyl (C=O) groups excluding carboxylic acids is 1. The van der Waals surface area contributed by atoms with E-state index in [0.717, 1.165) is 43.8 Å². The fourth-order valence-electron chi connectivity index (χ4n) is 3.52. The SMILES string of the molecule is CC.CCC1CN(C(=O)c2c(F)cccc2F)C2=C1CC=C(Cl)C=C2.CCN(C)CCOC. The maximum absolute atomic E-state index is 13.9. The van der Waals surface area contributed by atoms with Gasteiger partial charge in [0.05, 0.1) is 6.61 Å². The van der Waals surface area contributed by atoms with Crippen molar-refractivity contribution >= 4 is 17.5 Å². The molecule has 0 fully saturated rings. The maximum Gasteiger partial charge on any atom is 0.264 e. The second kappa shape index (κ2) is 15.0. The first-order valence-electron chi connectivity index (χ1n) is 11.5. The van der Waals surface area contributed by atoms with Crippen molar-refractivity contribution in [1.82, 2.24) is 9.80 Å². The number of allylic oxidation sites excluding steroid dienone is 4. The average molecular weight is 483 g/mol. The first-order valence-corrected chi connectivity index (χ1v) is 11.9. The van der Waals surface area contributed by atoms with Crippen LogP contribution in [0.25, 0.3) is 0 Å². The molecule has 1 aromatic carbocycles. The van der Waals surface area contributed by atoms with E-state index in [2.05, 4.69) is 18.9 Å². The van der Waals surface area contributed by atoms with E-state index in [0.29, 0.717) is 23.7 Å². The molecule has 0 saturated carbocycles. The number of rotatable bonds is 6. The standard InChI is InChI=1S/C18H16ClF2NO.C6H15NO.C2H6/c1-2-11-10-22(16-9-7-12(19)6-8-13(11)16)18(23)17-14(20)4-3-5-15(17)21;1-4-7(2)5-6-8-3;1-2/h3-7,9,11H,2,8,10H2,1H3;4-6H2,1-3H3;1-2H3. The van der Waals surface area contributed by atoms with Crippen LogP contribution in [0.4, 0.5) is 8.78 Å². The lowest BCUT2D eigenvalue weighted by Gasteiger charge is -2.20. The van der Waals surface area contributed by atoms with Crippen molar-refractivity contribution in [1.29, 1.82) is 0 Å². The number of nitrogens with zero attached hydrogens (tertiary/aromatic N) is 2. The first kappa shape index (κ1) is 29.0. The van der Waals surface area contributed by atoms with E-state index in [1.54, 1.807) is 19.3 Å². The minimum Gasteiger partial charge on any atom is -0.383 e. The van der Waals surface area contributed by atoms with Crippen molar-refractivity contribution in [3.63, 3.8) is 0 Å². The van der Waals surface area contributed by atoms with Gasteiger partial charge in [-0.3, -0.25) is 4.79 Å². The molecule has 0 saturated heterocycles. The van der Waals surface area contributed by atoms with Gasteiger partial charge in [-0.1, -0.05) is 51.4 Å². The van der Waals surface area contributed by atoms with E-state index in [1.807, 2.05) is 26.8 Å². The zero-order valence-corrected chi connectivity index (χ0v) is 21.4. The smallest absolute Gasteiger partial charge is 0.264 e. The van der Waals surface area contributed by atoms with Crippen molar-refractivity contribution < 1.29 is 18.3 Å². The van der Waals surface area contributed by atoms with Gasteiger partial charge in [-0.15, -0.1) is 0 Å². The summed E-state index contributed by atoms with van der Waals surface area (Å²) in [4.78, 5) is 16.4. The largest absolute Gasteiger partial charge is 0.383 e. The zero-order chi connectivity index (χ0) is 25.0. The Morgan fingerprint density at radius 2 is 1.85 bits per heavy atom. The summed E-state index contributed by atoms with van der Waals surface area (Å²) in [5.74, 6) is -2.16. The molecule has 7 heteroatoms. The van der Waals surface area contributed by atoms with E-state index >= 15 is 0 Å². The van der Waals surface area contributed by atoms with Crippen LogP contribution >= 0.6 is 11.6 Å². The fourth-order valence-corrected chi connectivity index (χ4v) is 3.66. The van der Waals surface area contributed by atoms with Crippen molar-refractivity contribution in [3.05, 3.63) is 69.9 Å². The van der Waals surface area contributed by atoms with Crippen LogP contribution in [0.2, 0.25) is 0 Å². The quantitative estimate of drug-likeness (QED) is 0.470. The van der Waals surface area contributed by atoms with E-state index in [9.17, 15) is 13.6 Å². The Balaban J connectivity index is 0.000000464. The molecule has 0 aromatic heterocycles. The van der Waals surface area contributed by atoms with E-state index < -0.39 is 23.1 Å². The van der Waals surface area contributed by atoms with Gasteiger partial charge in [0.25, 0.3) is 5.91 Å². The normalized spacial score (nSPS) is 17.0. The lowest BCUT2D eigenvalue weighted by atomic mass is 9.96. The molecule has 0 radical (unpaired) electrons. The van der Waals surface area contributed by atoms with Gasteiger partial charge in [-0.25, -0.2) is 8.78 Å². The molecule has 1 amide bonds. The van der Waals surface area contributed by atoms with Crippen LogP contribution in [-0.4, -0.2) is 56.1 Å². The van der Waals surface area contributed by atoms with E-state index in [1.165, 1.54) is 11.0 Å². The summed E-state index contributed by atoms with van der Waals surface area (Å²) < 4.78 is 32.8. The topological polar surface area (TPSA) is 32.8 Å². The van der Waals surface area contributed by atoms with Crippen LogP contribution in [0.5, 0.6) is 0 Å². The highest BCUT2D eigenvalue weighted by Gasteiger charge is 2.35. The third-order valence-corrected chi connectivity index (χ3v) is 5.84. The van der Waals surface area contributed by atoms with Gasteiger partial charge in [0.1, 0.15) is 17.2 Å².